The maximum atomic E-state index is 13.8. The largest absolute Gasteiger partial charge is 0.367 e. The fourth-order valence-corrected chi connectivity index (χ4v) is 2.38. The summed E-state index contributed by atoms with van der Waals surface area (Å²) >= 11 is 0. The molecule has 17 heavy (non-hydrogen) atoms. The van der Waals surface area contributed by atoms with Crippen LogP contribution in [0.15, 0.2) is 24.3 Å². The van der Waals surface area contributed by atoms with Crippen molar-refractivity contribution in [2.45, 2.75) is 32.2 Å². The quantitative estimate of drug-likeness (QED) is 0.806. The predicted molar refractivity (Wildman–Crippen MR) is 69.9 cm³/mol. The van der Waals surface area contributed by atoms with Crippen molar-refractivity contribution < 1.29 is 4.39 Å². The molecule has 0 aromatic heterocycles. The van der Waals surface area contributed by atoms with Crippen LogP contribution in [0.1, 0.15) is 26.7 Å². The standard InChI is InChI=1S/C14H21FN2/c1-14(2)11-17(10-6-5-9-16-14)13-8-4-3-7-12(13)15/h3-4,7-8,16H,5-6,9-11H2,1-2H3. The normalized spacial score (nSPS) is 20.8. The Bertz CT molecular complexity index is 376. The van der Waals surface area contributed by atoms with Crippen molar-refractivity contribution in [3.05, 3.63) is 30.1 Å². The molecular formula is C14H21FN2. The Balaban J connectivity index is 2.20. The zero-order chi connectivity index (χ0) is 12.3. The van der Waals surface area contributed by atoms with E-state index in [2.05, 4.69) is 24.1 Å². The summed E-state index contributed by atoms with van der Waals surface area (Å²) < 4.78 is 13.8. The SMILES string of the molecule is CC1(C)CN(c2ccccc2F)CCCCN1. The average Bonchev–Trinajstić information content (AvgIpc) is 2.25. The molecule has 94 valence electrons. The minimum atomic E-state index is -0.121. The fourth-order valence-electron chi connectivity index (χ4n) is 2.38. The van der Waals surface area contributed by atoms with Crippen LogP contribution in [-0.4, -0.2) is 25.2 Å². The molecule has 1 aliphatic rings. The van der Waals surface area contributed by atoms with E-state index in [0.29, 0.717) is 0 Å². The second-order valence-electron chi connectivity index (χ2n) is 5.39. The van der Waals surface area contributed by atoms with Gasteiger partial charge in [-0.3, -0.25) is 0 Å². The van der Waals surface area contributed by atoms with Gasteiger partial charge in [0, 0.05) is 18.6 Å². The Labute approximate surface area is 103 Å². The summed E-state index contributed by atoms with van der Waals surface area (Å²) in [6.07, 6.45) is 2.26. The number of benzene rings is 1. The predicted octanol–water partition coefficient (Wildman–Crippen LogP) is 2.79. The summed E-state index contributed by atoms with van der Waals surface area (Å²) in [6.45, 7) is 7.18. The highest BCUT2D eigenvalue weighted by atomic mass is 19.1. The number of rotatable bonds is 1. The monoisotopic (exact) mass is 236 g/mol. The molecule has 0 amide bonds. The molecule has 1 aromatic carbocycles. The van der Waals surface area contributed by atoms with Crippen LogP contribution in [0.2, 0.25) is 0 Å². The molecule has 0 unspecified atom stereocenters. The van der Waals surface area contributed by atoms with Gasteiger partial charge in [-0.25, -0.2) is 4.39 Å². The van der Waals surface area contributed by atoms with Crippen LogP contribution in [0, 0.1) is 5.82 Å². The van der Waals surface area contributed by atoms with Crippen molar-refractivity contribution in [2.75, 3.05) is 24.5 Å². The summed E-state index contributed by atoms with van der Waals surface area (Å²) in [5.74, 6) is -0.121. The fraction of sp³-hybridized carbons (Fsp3) is 0.571. The third kappa shape index (κ3) is 3.19. The molecule has 1 fully saturated rings. The van der Waals surface area contributed by atoms with E-state index in [0.717, 1.165) is 38.2 Å². The second kappa shape index (κ2) is 5.05. The van der Waals surface area contributed by atoms with Crippen LogP contribution in [0.25, 0.3) is 0 Å². The maximum Gasteiger partial charge on any atom is 0.146 e. The van der Waals surface area contributed by atoms with Crippen LogP contribution < -0.4 is 10.2 Å². The van der Waals surface area contributed by atoms with Crippen LogP contribution >= 0.6 is 0 Å². The van der Waals surface area contributed by atoms with Gasteiger partial charge in [-0.2, -0.15) is 0 Å². The van der Waals surface area contributed by atoms with Crippen molar-refractivity contribution in [2.24, 2.45) is 0 Å². The minimum absolute atomic E-state index is 0.0305. The van der Waals surface area contributed by atoms with Gasteiger partial charge in [-0.05, 0) is 45.4 Å². The second-order valence-corrected chi connectivity index (χ2v) is 5.39. The molecule has 2 nitrogen and oxygen atoms in total. The molecule has 0 aliphatic carbocycles. The van der Waals surface area contributed by atoms with E-state index < -0.39 is 0 Å². The molecule has 0 spiro atoms. The average molecular weight is 236 g/mol. The Kier molecular flexibility index (Phi) is 3.67. The highest BCUT2D eigenvalue weighted by Crippen LogP contribution is 2.22. The third-order valence-corrected chi connectivity index (χ3v) is 3.24. The first-order valence-electron chi connectivity index (χ1n) is 6.33. The van der Waals surface area contributed by atoms with Crippen molar-refractivity contribution >= 4 is 5.69 Å². The minimum Gasteiger partial charge on any atom is -0.367 e. The summed E-state index contributed by atoms with van der Waals surface area (Å²) in [7, 11) is 0. The smallest absolute Gasteiger partial charge is 0.146 e. The zero-order valence-electron chi connectivity index (χ0n) is 10.7. The molecule has 0 radical (unpaired) electrons. The first-order valence-corrected chi connectivity index (χ1v) is 6.33. The summed E-state index contributed by atoms with van der Waals surface area (Å²) in [5, 5.41) is 3.52. The number of anilines is 1. The number of hydrogen-bond acceptors (Lipinski definition) is 2. The van der Waals surface area contributed by atoms with Crippen LogP contribution in [0.4, 0.5) is 10.1 Å². The van der Waals surface area contributed by atoms with Gasteiger partial charge in [0.1, 0.15) is 5.82 Å². The van der Waals surface area contributed by atoms with Crippen molar-refractivity contribution in [1.82, 2.24) is 5.32 Å². The van der Waals surface area contributed by atoms with Gasteiger partial charge in [0.25, 0.3) is 0 Å². The van der Waals surface area contributed by atoms with Gasteiger partial charge in [0.2, 0.25) is 0 Å². The number of nitrogens with zero attached hydrogens (tertiary/aromatic N) is 1. The van der Waals surface area contributed by atoms with E-state index in [1.54, 1.807) is 6.07 Å². The lowest BCUT2D eigenvalue weighted by Crippen LogP contribution is -2.51. The molecule has 0 bridgehead atoms. The zero-order valence-corrected chi connectivity index (χ0v) is 10.7. The van der Waals surface area contributed by atoms with Gasteiger partial charge in [0.15, 0.2) is 0 Å². The van der Waals surface area contributed by atoms with Crippen LogP contribution in [0.5, 0.6) is 0 Å². The molecule has 1 N–H and O–H groups in total. The highest BCUT2D eigenvalue weighted by Gasteiger charge is 2.24. The first kappa shape index (κ1) is 12.4. The van der Waals surface area contributed by atoms with Crippen molar-refractivity contribution in [3.63, 3.8) is 0 Å². The van der Waals surface area contributed by atoms with E-state index in [1.807, 2.05) is 12.1 Å². The molecule has 1 heterocycles. The molecule has 1 aliphatic heterocycles. The van der Waals surface area contributed by atoms with Gasteiger partial charge in [0.05, 0.1) is 5.69 Å². The Hall–Kier alpha value is -1.09. The molecular weight excluding hydrogens is 215 g/mol. The summed E-state index contributed by atoms with van der Waals surface area (Å²) in [5.41, 5.74) is 0.757. The number of nitrogens with one attached hydrogen (secondary N) is 1. The summed E-state index contributed by atoms with van der Waals surface area (Å²) in [4.78, 5) is 2.15. The Morgan fingerprint density at radius 1 is 1.24 bits per heavy atom. The molecule has 0 saturated carbocycles. The van der Waals surface area contributed by atoms with Gasteiger partial charge < -0.3 is 10.2 Å². The number of hydrogen-bond donors (Lipinski definition) is 1. The molecule has 2 rings (SSSR count). The van der Waals surface area contributed by atoms with Crippen LogP contribution in [-0.2, 0) is 0 Å². The van der Waals surface area contributed by atoms with E-state index >= 15 is 0 Å². The lowest BCUT2D eigenvalue weighted by Gasteiger charge is -2.37. The van der Waals surface area contributed by atoms with Crippen LogP contribution in [0.3, 0.4) is 0 Å². The Morgan fingerprint density at radius 3 is 2.76 bits per heavy atom. The maximum absolute atomic E-state index is 13.8. The van der Waals surface area contributed by atoms with Crippen molar-refractivity contribution in [1.29, 1.82) is 0 Å². The van der Waals surface area contributed by atoms with Gasteiger partial charge in [-0.1, -0.05) is 12.1 Å². The van der Waals surface area contributed by atoms with E-state index in [1.165, 1.54) is 6.07 Å². The first-order chi connectivity index (χ1) is 8.08. The number of halogens is 1. The van der Waals surface area contributed by atoms with E-state index in [9.17, 15) is 4.39 Å². The van der Waals surface area contributed by atoms with Crippen molar-refractivity contribution in [3.8, 4) is 0 Å². The van der Waals surface area contributed by atoms with Gasteiger partial charge in [-0.15, -0.1) is 0 Å². The molecule has 3 heteroatoms. The van der Waals surface area contributed by atoms with E-state index in [4.69, 9.17) is 0 Å². The summed E-state index contributed by atoms with van der Waals surface area (Å²) in [6, 6.07) is 7.05. The van der Waals surface area contributed by atoms with Gasteiger partial charge >= 0.3 is 0 Å². The molecule has 0 atom stereocenters. The topological polar surface area (TPSA) is 15.3 Å². The highest BCUT2D eigenvalue weighted by molar-refractivity contribution is 5.48. The lowest BCUT2D eigenvalue weighted by molar-refractivity contribution is 0.362. The molecule has 1 aromatic rings. The number of para-hydroxylation sites is 1. The lowest BCUT2D eigenvalue weighted by atomic mass is 10.0. The molecule has 1 saturated heterocycles. The third-order valence-electron chi connectivity index (χ3n) is 3.24. The Morgan fingerprint density at radius 2 is 2.00 bits per heavy atom. The van der Waals surface area contributed by atoms with E-state index in [-0.39, 0.29) is 11.4 Å².